The van der Waals surface area contributed by atoms with Gasteiger partial charge in [-0.1, -0.05) is 59.8 Å². The fourth-order valence-corrected chi connectivity index (χ4v) is 4.47. The van der Waals surface area contributed by atoms with E-state index in [1.165, 1.54) is 17.8 Å². The highest BCUT2D eigenvalue weighted by Crippen LogP contribution is 2.28. The van der Waals surface area contributed by atoms with Crippen molar-refractivity contribution in [2.75, 3.05) is 13.0 Å². The molecule has 0 radical (unpaired) electrons. The number of esters is 1. The summed E-state index contributed by atoms with van der Waals surface area (Å²) in [5.41, 5.74) is 1.69. The number of nitrogens with one attached hydrogen (secondary N) is 1. The molecule has 0 saturated carbocycles. The third-order valence-corrected chi connectivity index (χ3v) is 6.94. The number of amides is 1. The van der Waals surface area contributed by atoms with Crippen LogP contribution in [0, 0.1) is 12.3 Å². The first-order valence-electron chi connectivity index (χ1n) is 13.2. The zero-order chi connectivity index (χ0) is 30.1. The maximum absolute atomic E-state index is 13.2. The summed E-state index contributed by atoms with van der Waals surface area (Å²) in [6.45, 7) is 2.29. The molecule has 1 amide bonds. The number of nitrogens with zero attached hydrogens (tertiary/aromatic N) is 3. The molecule has 42 heavy (non-hydrogen) atoms. The summed E-state index contributed by atoms with van der Waals surface area (Å²) >= 11 is 0. The second-order valence-electron chi connectivity index (χ2n) is 10.0. The molecule has 0 aliphatic rings. The summed E-state index contributed by atoms with van der Waals surface area (Å²) in [6, 6.07) is 17.2. The third-order valence-electron chi connectivity index (χ3n) is 6.70. The Morgan fingerprint density at radius 2 is 1.83 bits per heavy atom. The van der Waals surface area contributed by atoms with Crippen LogP contribution in [0.5, 0.6) is 0 Å². The van der Waals surface area contributed by atoms with E-state index in [-0.39, 0.29) is 37.0 Å². The molecule has 0 fully saturated rings. The Hall–Kier alpha value is -4.12. The number of aliphatic hydroxyl groups excluding tert-OH is 1. The zero-order valence-corrected chi connectivity index (χ0v) is 24.5. The van der Waals surface area contributed by atoms with Crippen LogP contribution in [0.1, 0.15) is 40.9 Å². The van der Waals surface area contributed by atoms with Gasteiger partial charge in [-0.2, -0.15) is 0 Å². The second-order valence-corrected chi connectivity index (χ2v) is 10.3. The Labute approximate surface area is 244 Å². The number of aliphatic hydroxyl groups is 1. The Kier molecular flexibility index (Phi) is 10.4. The molecule has 0 spiro atoms. The van der Waals surface area contributed by atoms with Crippen LogP contribution in [0.15, 0.2) is 74.4 Å². The highest BCUT2D eigenvalue weighted by molar-refractivity contribution is 7.16. The molecule has 2 heterocycles. The Bertz CT molecular complexity index is 1530. The molecular formula is C29H33N4O8P. The van der Waals surface area contributed by atoms with Gasteiger partial charge in [0.15, 0.2) is 23.8 Å². The summed E-state index contributed by atoms with van der Waals surface area (Å²) in [7, 11) is 2.43. The van der Waals surface area contributed by atoms with E-state index in [4.69, 9.17) is 18.3 Å². The number of ether oxygens (including phenoxy) is 2. The van der Waals surface area contributed by atoms with Gasteiger partial charge >= 0.3 is 11.8 Å². The van der Waals surface area contributed by atoms with Crippen LogP contribution in [-0.4, -0.2) is 51.0 Å². The van der Waals surface area contributed by atoms with Crippen LogP contribution in [0.3, 0.4) is 0 Å². The molecule has 12 nitrogen and oxygen atoms in total. The molecule has 13 heteroatoms. The summed E-state index contributed by atoms with van der Waals surface area (Å²) in [4.78, 5) is 37.6. The minimum absolute atomic E-state index is 0.0349. The molecule has 222 valence electrons. The predicted octanol–water partition coefficient (Wildman–Crippen LogP) is 3.08. The standard InChI is InChI=1S/C29H33N4O8P/c1-19-25(41-28(37)40-19)15-39-27(36)29(2,16-34)13-23(30-26(35)24-14-33(32-31-24)17-38-18-42)12-20-8-10-22(11-9-20)21-6-4-3-5-7-21/h3-11,14,23,34H,12-13,15-18,42H2,1-2H3,(H,30,35)/t23-,29+/m1/s1. The molecule has 0 saturated heterocycles. The van der Waals surface area contributed by atoms with Crippen LogP contribution >= 0.6 is 9.24 Å². The van der Waals surface area contributed by atoms with E-state index in [2.05, 4.69) is 24.9 Å². The quantitative estimate of drug-likeness (QED) is 0.164. The summed E-state index contributed by atoms with van der Waals surface area (Å²) < 4.78 is 21.7. The lowest BCUT2D eigenvalue weighted by Gasteiger charge is -2.30. The van der Waals surface area contributed by atoms with Gasteiger partial charge in [-0.15, -0.1) is 14.3 Å². The molecule has 2 N–H and O–H groups in total. The fourth-order valence-electron chi connectivity index (χ4n) is 4.36. The van der Waals surface area contributed by atoms with Gasteiger partial charge in [-0.3, -0.25) is 9.59 Å². The normalized spacial score (nSPS) is 13.3. The highest BCUT2D eigenvalue weighted by atomic mass is 31.0. The van der Waals surface area contributed by atoms with Gasteiger partial charge < -0.3 is 28.7 Å². The van der Waals surface area contributed by atoms with Crippen molar-refractivity contribution in [1.82, 2.24) is 20.3 Å². The van der Waals surface area contributed by atoms with Crippen molar-refractivity contribution in [2.45, 2.75) is 46.1 Å². The Balaban J connectivity index is 1.52. The summed E-state index contributed by atoms with van der Waals surface area (Å²) in [5.74, 6) is -1.86. The van der Waals surface area contributed by atoms with Gasteiger partial charge in [0, 0.05) is 6.04 Å². The van der Waals surface area contributed by atoms with Crippen LogP contribution < -0.4 is 11.1 Å². The summed E-state index contributed by atoms with van der Waals surface area (Å²) in [6.07, 6.45) is 2.24. The predicted molar refractivity (Wildman–Crippen MR) is 154 cm³/mol. The maximum atomic E-state index is 13.2. The number of benzene rings is 2. The molecule has 0 aliphatic carbocycles. The van der Waals surface area contributed by atoms with Crippen molar-refractivity contribution in [1.29, 1.82) is 0 Å². The molecular weight excluding hydrogens is 563 g/mol. The highest BCUT2D eigenvalue weighted by Gasteiger charge is 2.38. The van der Waals surface area contributed by atoms with Crippen molar-refractivity contribution < 1.29 is 33.0 Å². The molecule has 2 aromatic carbocycles. The lowest BCUT2D eigenvalue weighted by Crippen LogP contribution is -2.44. The van der Waals surface area contributed by atoms with E-state index in [0.29, 0.717) is 12.8 Å². The monoisotopic (exact) mass is 596 g/mol. The minimum Gasteiger partial charge on any atom is -0.457 e. The van der Waals surface area contributed by atoms with E-state index in [9.17, 15) is 19.5 Å². The average Bonchev–Trinajstić information content (AvgIpc) is 3.60. The number of carbonyl (C=O) groups is 2. The van der Waals surface area contributed by atoms with Crippen LogP contribution in [0.4, 0.5) is 0 Å². The van der Waals surface area contributed by atoms with E-state index < -0.39 is 35.8 Å². The minimum atomic E-state index is -1.40. The van der Waals surface area contributed by atoms with Gasteiger partial charge in [0.2, 0.25) is 0 Å². The number of hydrogen-bond donors (Lipinski definition) is 2. The Morgan fingerprint density at radius 1 is 1.12 bits per heavy atom. The Morgan fingerprint density at radius 3 is 2.48 bits per heavy atom. The number of aromatic nitrogens is 3. The first kappa shape index (κ1) is 30.8. The number of rotatable bonds is 14. The average molecular weight is 597 g/mol. The van der Waals surface area contributed by atoms with Crippen molar-refractivity contribution in [3.8, 4) is 11.1 Å². The number of aryl methyl sites for hydroxylation is 1. The van der Waals surface area contributed by atoms with E-state index in [1.807, 2.05) is 54.6 Å². The topological polar surface area (TPSA) is 159 Å². The third kappa shape index (κ3) is 8.00. The smallest absolute Gasteiger partial charge is 0.457 e. The molecule has 1 unspecified atom stereocenters. The van der Waals surface area contributed by atoms with Gasteiger partial charge in [0.1, 0.15) is 6.73 Å². The van der Waals surface area contributed by atoms with E-state index >= 15 is 0 Å². The first-order chi connectivity index (χ1) is 20.2. The molecule has 2 aromatic heterocycles. The molecule has 4 rings (SSSR count). The van der Waals surface area contributed by atoms with Crippen molar-refractivity contribution in [3.63, 3.8) is 0 Å². The largest absolute Gasteiger partial charge is 0.519 e. The molecule has 3 atom stereocenters. The number of carbonyl (C=O) groups excluding carboxylic acids is 2. The second kappa shape index (κ2) is 14.2. The first-order valence-corrected chi connectivity index (χ1v) is 14.0. The van der Waals surface area contributed by atoms with Gasteiger partial charge in [0.25, 0.3) is 5.91 Å². The van der Waals surface area contributed by atoms with Gasteiger partial charge in [-0.05, 0) is 43.4 Å². The van der Waals surface area contributed by atoms with E-state index in [1.54, 1.807) is 6.92 Å². The number of hydrogen-bond acceptors (Lipinski definition) is 10. The lowest BCUT2D eigenvalue weighted by atomic mass is 9.82. The lowest BCUT2D eigenvalue weighted by molar-refractivity contribution is -0.160. The van der Waals surface area contributed by atoms with Crippen molar-refractivity contribution in [3.05, 3.63) is 94.2 Å². The van der Waals surface area contributed by atoms with Gasteiger partial charge in [-0.25, -0.2) is 9.48 Å². The van der Waals surface area contributed by atoms with Crippen LogP contribution in [0.2, 0.25) is 0 Å². The van der Waals surface area contributed by atoms with Crippen molar-refractivity contribution >= 4 is 21.1 Å². The summed E-state index contributed by atoms with van der Waals surface area (Å²) in [5, 5.41) is 21.0. The fraction of sp³-hybridized carbons (Fsp3) is 0.345. The maximum Gasteiger partial charge on any atom is 0.519 e. The molecule has 4 aromatic rings. The zero-order valence-electron chi connectivity index (χ0n) is 23.3. The SMILES string of the molecule is Cc1oc(=O)oc1COC(=O)[C@](C)(CO)C[C@@H](Cc1ccc(-c2ccccc2)cc1)NC(=O)c1cn(COCP)nn1. The molecule has 0 bridgehead atoms. The van der Waals surface area contributed by atoms with E-state index in [0.717, 1.165) is 16.7 Å². The van der Waals surface area contributed by atoms with Crippen LogP contribution in [-0.2, 0) is 34.0 Å². The van der Waals surface area contributed by atoms with Crippen molar-refractivity contribution in [2.24, 2.45) is 5.41 Å². The van der Waals surface area contributed by atoms with Gasteiger partial charge in [0.05, 0.1) is 24.6 Å². The van der Waals surface area contributed by atoms with Crippen LogP contribution in [0.25, 0.3) is 11.1 Å². The molecule has 0 aliphatic heterocycles.